The molecule has 2 N–H and O–H groups in total. The van der Waals surface area contributed by atoms with Crippen molar-refractivity contribution in [3.8, 4) is 23.0 Å². The van der Waals surface area contributed by atoms with E-state index in [-0.39, 0.29) is 0 Å². The quantitative estimate of drug-likeness (QED) is 0.801. The number of hydrogen-bond acceptors (Lipinski definition) is 4. The summed E-state index contributed by atoms with van der Waals surface area (Å²) in [6.07, 6.45) is 2.17. The Morgan fingerprint density at radius 2 is 1.87 bits per heavy atom. The fourth-order valence-corrected chi connectivity index (χ4v) is 2.54. The van der Waals surface area contributed by atoms with E-state index in [2.05, 4.69) is 35.4 Å². The maximum Gasteiger partial charge on any atom is 0.155 e. The lowest BCUT2D eigenvalue weighted by atomic mass is 10.1. The van der Waals surface area contributed by atoms with E-state index in [0.717, 1.165) is 18.4 Å². The average Bonchev–Trinajstić information content (AvgIpc) is 2.97. The summed E-state index contributed by atoms with van der Waals surface area (Å²) in [7, 11) is 0. The van der Waals surface area contributed by atoms with Crippen LogP contribution in [0.4, 0.5) is 5.82 Å². The van der Waals surface area contributed by atoms with Crippen molar-refractivity contribution in [3.63, 3.8) is 0 Å². The van der Waals surface area contributed by atoms with Crippen molar-refractivity contribution in [2.75, 3.05) is 5.73 Å². The van der Waals surface area contributed by atoms with Crippen molar-refractivity contribution in [2.45, 2.75) is 19.8 Å². The van der Waals surface area contributed by atoms with E-state index >= 15 is 0 Å². The molecule has 2 aromatic carbocycles. The molecule has 5 nitrogen and oxygen atoms in total. The van der Waals surface area contributed by atoms with Gasteiger partial charge in [-0.2, -0.15) is 9.94 Å². The minimum absolute atomic E-state index is 0.427. The summed E-state index contributed by atoms with van der Waals surface area (Å²) in [5, 5.41) is 17.5. The minimum atomic E-state index is 0.427. The first kappa shape index (κ1) is 14.8. The topological polar surface area (TPSA) is 80.5 Å². The van der Waals surface area contributed by atoms with E-state index in [4.69, 9.17) is 5.73 Å². The van der Waals surface area contributed by atoms with Crippen LogP contribution in [-0.4, -0.2) is 15.0 Å². The van der Waals surface area contributed by atoms with Gasteiger partial charge >= 0.3 is 0 Å². The number of nitrogens with two attached hydrogens (primary N) is 1. The van der Waals surface area contributed by atoms with Crippen molar-refractivity contribution < 1.29 is 0 Å². The molecule has 5 heteroatoms. The molecule has 3 aromatic rings. The molecule has 0 atom stereocenters. The molecule has 1 aromatic heterocycles. The van der Waals surface area contributed by atoms with Crippen LogP contribution in [0.25, 0.3) is 16.9 Å². The molecule has 0 radical (unpaired) electrons. The number of rotatable bonds is 4. The number of nitriles is 1. The highest BCUT2D eigenvalue weighted by Crippen LogP contribution is 2.26. The Morgan fingerprint density at radius 3 is 2.57 bits per heavy atom. The molecule has 0 saturated heterocycles. The predicted octanol–water partition coefficient (Wildman–Crippen LogP) is 3.34. The van der Waals surface area contributed by atoms with Gasteiger partial charge in [-0.1, -0.05) is 55.0 Å². The summed E-state index contributed by atoms with van der Waals surface area (Å²) >= 11 is 0. The highest BCUT2D eigenvalue weighted by Gasteiger charge is 2.15. The smallest absolute Gasteiger partial charge is 0.155 e. The van der Waals surface area contributed by atoms with E-state index < -0.39 is 0 Å². The summed E-state index contributed by atoms with van der Waals surface area (Å²) < 4.78 is 1.51. The third-order valence-electron chi connectivity index (χ3n) is 3.72. The first-order valence-electron chi connectivity index (χ1n) is 7.54. The molecule has 0 fully saturated rings. The molecule has 114 valence electrons. The molecule has 3 rings (SSSR count). The molecule has 0 aliphatic carbocycles. The van der Waals surface area contributed by atoms with Gasteiger partial charge in [-0.25, -0.2) is 0 Å². The second kappa shape index (κ2) is 6.32. The Balaban J connectivity index is 2.01. The average molecular weight is 303 g/mol. The van der Waals surface area contributed by atoms with Gasteiger partial charge in [0.1, 0.15) is 11.8 Å². The second-order valence-corrected chi connectivity index (χ2v) is 5.31. The molecule has 0 saturated carbocycles. The summed E-state index contributed by atoms with van der Waals surface area (Å²) in [4.78, 5) is 0. The Hall–Kier alpha value is -3.13. The van der Waals surface area contributed by atoms with E-state index in [1.807, 2.05) is 24.3 Å². The van der Waals surface area contributed by atoms with Gasteiger partial charge in [0.25, 0.3) is 0 Å². The van der Waals surface area contributed by atoms with Gasteiger partial charge in [-0.05, 0) is 24.1 Å². The van der Waals surface area contributed by atoms with Crippen LogP contribution in [0.15, 0.2) is 48.5 Å². The van der Waals surface area contributed by atoms with Gasteiger partial charge in [0.05, 0.1) is 11.3 Å². The normalized spacial score (nSPS) is 10.4. The largest absolute Gasteiger partial charge is 0.382 e. The zero-order valence-corrected chi connectivity index (χ0v) is 12.9. The zero-order chi connectivity index (χ0) is 16.2. The molecular formula is C18H17N5. The number of hydrogen-bond donors (Lipinski definition) is 1. The lowest BCUT2D eigenvalue weighted by molar-refractivity contribution is 0.808. The Bertz CT molecular complexity index is 856. The van der Waals surface area contributed by atoms with Crippen molar-refractivity contribution >= 4 is 5.82 Å². The van der Waals surface area contributed by atoms with Gasteiger partial charge in [-0.15, -0.1) is 5.10 Å². The maximum atomic E-state index is 9.22. The third kappa shape index (κ3) is 2.79. The van der Waals surface area contributed by atoms with Gasteiger partial charge in [0.15, 0.2) is 5.82 Å². The van der Waals surface area contributed by atoms with Crippen LogP contribution in [0.2, 0.25) is 0 Å². The standard InChI is InChI=1S/C18H17N5/c1-2-5-13-8-10-14(11-9-13)17-18(20)23(22-21-17)16-7-4-3-6-15(16)12-19/h3-4,6-11H,2,5,20H2,1H3. The Labute approximate surface area is 135 Å². The molecule has 0 aliphatic heterocycles. The van der Waals surface area contributed by atoms with Crippen LogP contribution in [0.1, 0.15) is 24.5 Å². The lowest BCUT2D eigenvalue weighted by Crippen LogP contribution is -2.04. The number of nitrogens with zero attached hydrogens (tertiary/aromatic N) is 4. The van der Waals surface area contributed by atoms with Crippen molar-refractivity contribution in [3.05, 3.63) is 59.7 Å². The molecule has 23 heavy (non-hydrogen) atoms. The number of anilines is 1. The lowest BCUT2D eigenvalue weighted by Gasteiger charge is -2.05. The van der Waals surface area contributed by atoms with E-state index in [9.17, 15) is 5.26 Å². The fourth-order valence-electron chi connectivity index (χ4n) is 2.54. The summed E-state index contributed by atoms with van der Waals surface area (Å²) in [6.45, 7) is 2.16. The first-order chi connectivity index (χ1) is 11.2. The van der Waals surface area contributed by atoms with E-state index in [1.54, 1.807) is 12.1 Å². The van der Waals surface area contributed by atoms with Gasteiger partial charge < -0.3 is 5.73 Å². The van der Waals surface area contributed by atoms with Gasteiger partial charge in [0, 0.05) is 5.56 Å². The number of aromatic nitrogens is 3. The van der Waals surface area contributed by atoms with Crippen LogP contribution in [-0.2, 0) is 6.42 Å². The third-order valence-corrected chi connectivity index (χ3v) is 3.72. The number of nitrogen functional groups attached to an aromatic ring is 1. The van der Waals surface area contributed by atoms with Crippen molar-refractivity contribution in [1.29, 1.82) is 5.26 Å². The zero-order valence-electron chi connectivity index (χ0n) is 12.9. The molecule has 0 aliphatic rings. The number of aryl methyl sites for hydroxylation is 1. The van der Waals surface area contributed by atoms with Crippen LogP contribution in [0.5, 0.6) is 0 Å². The van der Waals surface area contributed by atoms with E-state index in [1.165, 1.54) is 10.2 Å². The number of benzene rings is 2. The predicted molar refractivity (Wildman–Crippen MR) is 89.9 cm³/mol. The van der Waals surface area contributed by atoms with Crippen molar-refractivity contribution in [1.82, 2.24) is 15.0 Å². The number of para-hydroxylation sites is 1. The molecule has 0 spiro atoms. The van der Waals surface area contributed by atoms with Crippen LogP contribution >= 0.6 is 0 Å². The SMILES string of the molecule is CCCc1ccc(-c2nnn(-c3ccccc3C#N)c2N)cc1. The minimum Gasteiger partial charge on any atom is -0.382 e. The Morgan fingerprint density at radius 1 is 1.13 bits per heavy atom. The van der Waals surface area contributed by atoms with Crippen LogP contribution < -0.4 is 5.73 Å². The molecule has 0 unspecified atom stereocenters. The van der Waals surface area contributed by atoms with Gasteiger partial charge in [0.2, 0.25) is 0 Å². The molecule has 1 heterocycles. The monoisotopic (exact) mass is 303 g/mol. The second-order valence-electron chi connectivity index (χ2n) is 5.31. The summed E-state index contributed by atoms with van der Waals surface area (Å²) in [5.41, 5.74) is 10.2. The van der Waals surface area contributed by atoms with Crippen LogP contribution in [0, 0.1) is 11.3 Å². The highest BCUT2D eigenvalue weighted by atomic mass is 15.5. The fraction of sp³-hybridized carbons (Fsp3) is 0.167. The van der Waals surface area contributed by atoms with E-state index in [0.29, 0.717) is 22.8 Å². The summed E-state index contributed by atoms with van der Waals surface area (Å²) in [6, 6.07) is 17.5. The van der Waals surface area contributed by atoms with Crippen LogP contribution in [0.3, 0.4) is 0 Å². The maximum absolute atomic E-state index is 9.22. The first-order valence-corrected chi connectivity index (χ1v) is 7.54. The van der Waals surface area contributed by atoms with Gasteiger partial charge in [-0.3, -0.25) is 0 Å². The van der Waals surface area contributed by atoms with Crippen molar-refractivity contribution in [2.24, 2.45) is 0 Å². The Kier molecular flexibility index (Phi) is 4.07. The highest BCUT2D eigenvalue weighted by molar-refractivity contribution is 5.71. The summed E-state index contributed by atoms with van der Waals surface area (Å²) in [5.74, 6) is 0.427. The molecule has 0 bridgehead atoms. The molecule has 0 amide bonds. The molecular weight excluding hydrogens is 286 g/mol.